The number of hydrogen-bond acceptors (Lipinski definition) is 4. The Labute approximate surface area is 142 Å². The molecule has 2 aromatic carbocycles. The van der Waals surface area contributed by atoms with E-state index in [2.05, 4.69) is 0 Å². The lowest BCUT2D eigenvalue weighted by Crippen LogP contribution is -2.08. The van der Waals surface area contributed by atoms with Crippen LogP contribution in [0.1, 0.15) is 51.6 Å². The molecule has 2 aromatic rings. The lowest BCUT2D eigenvalue weighted by atomic mass is 10.1. The number of benzene rings is 2. The summed E-state index contributed by atoms with van der Waals surface area (Å²) in [6.07, 6.45) is 1.81. The van der Waals surface area contributed by atoms with E-state index in [1.807, 2.05) is 38.1 Å². The average Bonchev–Trinajstić information content (AvgIpc) is 2.60. The average molecular weight is 326 g/mol. The maximum absolute atomic E-state index is 12.1. The standard InChI is InChI=1S/C20H22O4/c1-3-4-12-23-19(21)17-8-10-18(11-9-17)20(22)24-14-16-7-5-6-15(2)13-16/h5-11,13H,3-4,12,14H2,1-2H3. The van der Waals surface area contributed by atoms with Gasteiger partial charge in [0.15, 0.2) is 0 Å². The van der Waals surface area contributed by atoms with Crippen molar-refractivity contribution >= 4 is 11.9 Å². The van der Waals surface area contributed by atoms with E-state index >= 15 is 0 Å². The Hall–Kier alpha value is -2.62. The van der Waals surface area contributed by atoms with Gasteiger partial charge in [0.1, 0.15) is 6.61 Å². The molecule has 0 bridgehead atoms. The fourth-order valence-corrected chi connectivity index (χ4v) is 2.17. The monoisotopic (exact) mass is 326 g/mol. The number of hydrogen-bond donors (Lipinski definition) is 0. The summed E-state index contributed by atoms with van der Waals surface area (Å²) in [5.74, 6) is -0.787. The van der Waals surface area contributed by atoms with Gasteiger partial charge in [-0.25, -0.2) is 9.59 Å². The molecular weight excluding hydrogens is 304 g/mol. The summed E-state index contributed by atoms with van der Waals surface area (Å²) < 4.78 is 10.4. The van der Waals surface area contributed by atoms with E-state index < -0.39 is 5.97 Å². The van der Waals surface area contributed by atoms with E-state index in [9.17, 15) is 9.59 Å². The van der Waals surface area contributed by atoms with Crippen molar-refractivity contribution in [1.82, 2.24) is 0 Å². The van der Waals surface area contributed by atoms with Crippen molar-refractivity contribution in [2.75, 3.05) is 6.61 Å². The van der Waals surface area contributed by atoms with Crippen molar-refractivity contribution in [3.8, 4) is 0 Å². The number of esters is 2. The maximum atomic E-state index is 12.1. The lowest BCUT2D eigenvalue weighted by molar-refractivity contribution is 0.0466. The minimum Gasteiger partial charge on any atom is -0.462 e. The van der Waals surface area contributed by atoms with Gasteiger partial charge in [-0.1, -0.05) is 43.2 Å². The third-order valence-corrected chi connectivity index (χ3v) is 3.54. The zero-order chi connectivity index (χ0) is 17.4. The van der Waals surface area contributed by atoms with Gasteiger partial charge < -0.3 is 9.47 Å². The molecule has 0 saturated carbocycles. The highest BCUT2D eigenvalue weighted by Gasteiger charge is 2.11. The van der Waals surface area contributed by atoms with Crippen LogP contribution in [-0.4, -0.2) is 18.5 Å². The van der Waals surface area contributed by atoms with E-state index in [-0.39, 0.29) is 12.6 Å². The first kappa shape index (κ1) is 17.7. The Morgan fingerprint density at radius 3 is 2.12 bits per heavy atom. The number of unbranched alkanes of at least 4 members (excludes halogenated alkanes) is 1. The molecule has 0 heterocycles. The Kier molecular flexibility index (Phi) is 6.55. The molecule has 0 atom stereocenters. The van der Waals surface area contributed by atoms with Crippen LogP contribution in [0.4, 0.5) is 0 Å². The predicted octanol–water partition coefficient (Wildman–Crippen LogP) is 4.31. The van der Waals surface area contributed by atoms with E-state index in [4.69, 9.17) is 9.47 Å². The summed E-state index contributed by atoms with van der Waals surface area (Å²) in [5.41, 5.74) is 2.91. The molecule has 0 aliphatic heterocycles. The van der Waals surface area contributed by atoms with Crippen LogP contribution in [0, 0.1) is 6.92 Å². The number of aryl methyl sites for hydroxylation is 1. The number of carbonyl (C=O) groups excluding carboxylic acids is 2. The molecule has 2 rings (SSSR count). The SMILES string of the molecule is CCCCOC(=O)c1ccc(C(=O)OCc2cccc(C)c2)cc1. The van der Waals surface area contributed by atoms with Crippen LogP contribution in [0.5, 0.6) is 0 Å². The fraction of sp³-hybridized carbons (Fsp3) is 0.300. The minimum atomic E-state index is -0.414. The van der Waals surface area contributed by atoms with Crippen molar-refractivity contribution in [3.63, 3.8) is 0 Å². The highest BCUT2D eigenvalue weighted by molar-refractivity contribution is 5.93. The summed E-state index contributed by atoms with van der Waals surface area (Å²) in [6, 6.07) is 14.1. The highest BCUT2D eigenvalue weighted by atomic mass is 16.5. The van der Waals surface area contributed by atoms with Crippen LogP contribution < -0.4 is 0 Å². The van der Waals surface area contributed by atoms with Gasteiger partial charge in [-0.05, 0) is 43.2 Å². The normalized spacial score (nSPS) is 10.2. The molecule has 0 fully saturated rings. The molecule has 4 heteroatoms. The molecule has 0 spiro atoms. The summed E-state index contributed by atoms with van der Waals surface area (Å²) in [5, 5.41) is 0. The van der Waals surface area contributed by atoms with E-state index in [0.29, 0.717) is 17.7 Å². The molecule has 0 saturated heterocycles. The van der Waals surface area contributed by atoms with Crippen molar-refractivity contribution in [1.29, 1.82) is 0 Å². The molecule has 0 radical (unpaired) electrons. The van der Waals surface area contributed by atoms with Crippen LogP contribution in [-0.2, 0) is 16.1 Å². The van der Waals surface area contributed by atoms with Crippen LogP contribution in [0.25, 0.3) is 0 Å². The topological polar surface area (TPSA) is 52.6 Å². The van der Waals surface area contributed by atoms with Crippen LogP contribution in [0.15, 0.2) is 48.5 Å². The van der Waals surface area contributed by atoms with Crippen LogP contribution in [0.3, 0.4) is 0 Å². The molecule has 0 amide bonds. The molecule has 0 aromatic heterocycles. The van der Waals surface area contributed by atoms with Gasteiger partial charge in [0.05, 0.1) is 17.7 Å². The Morgan fingerprint density at radius 2 is 1.54 bits per heavy atom. The third-order valence-electron chi connectivity index (χ3n) is 3.54. The van der Waals surface area contributed by atoms with E-state index in [1.165, 1.54) is 0 Å². The largest absolute Gasteiger partial charge is 0.462 e. The van der Waals surface area contributed by atoms with Gasteiger partial charge in [-0.3, -0.25) is 0 Å². The zero-order valence-corrected chi connectivity index (χ0v) is 14.1. The molecule has 0 unspecified atom stereocenters. The quantitative estimate of drug-likeness (QED) is 0.562. The number of ether oxygens (including phenoxy) is 2. The first-order valence-corrected chi connectivity index (χ1v) is 8.10. The van der Waals surface area contributed by atoms with Gasteiger partial charge in [0.25, 0.3) is 0 Å². The molecular formula is C20H22O4. The second-order valence-electron chi connectivity index (χ2n) is 5.63. The van der Waals surface area contributed by atoms with Crippen molar-refractivity contribution in [3.05, 3.63) is 70.8 Å². The highest BCUT2D eigenvalue weighted by Crippen LogP contribution is 2.10. The first-order valence-electron chi connectivity index (χ1n) is 8.10. The molecule has 126 valence electrons. The maximum Gasteiger partial charge on any atom is 0.338 e. The van der Waals surface area contributed by atoms with Gasteiger partial charge in [0, 0.05) is 0 Å². The Bertz CT molecular complexity index is 689. The van der Waals surface area contributed by atoms with Crippen molar-refractivity contribution in [2.45, 2.75) is 33.3 Å². The molecule has 4 nitrogen and oxygen atoms in total. The van der Waals surface area contributed by atoms with Gasteiger partial charge in [-0.2, -0.15) is 0 Å². The second kappa shape index (κ2) is 8.87. The van der Waals surface area contributed by atoms with Crippen LogP contribution in [0.2, 0.25) is 0 Å². The van der Waals surface area contributed by atoms with Gasteiger partial charge in [-0.15, -0.1) is 0 Å². The summed E-state index contributed by atoms with van der Waals surface area (Å²) in [6.45, 7) is 4.66. The van der Waals surface area contributed by atoms with Gasteiger partial charge in [0.2, 0.25) is 0 Å². The summed E-state index contributed by atoms with van der Waals surface area (Å²) in [4.78, 5) is 23.9. The lowest BCUT2D eigenvalue weighted by Gasteiger charge is -2.07. The molecule has 0 N–H and O–H groups in total. The Balaban J connectivity index is 1.90. The summed E-state index contributed by atoms with van der Waals surface area (Å²) in [7, 11) is 0. The molecule has 0 aliphatic rings. The van der Waals surface area contributed by atoms with E-state index in [1.54, 1.807) is 24.3 Å². The van der Waals surface area contributed by atoms with Crippen molar-refractivity contribution < 1.29 is 19.1 Å². The first-order chi connectivity index (χ1) is 11.6. The number of carbonyl (C=O) groups is 2. The molecule has 24 heavy (non-hydrogen) atoms. The van der Waals surface area contributed by atoms with Crippen LogP contribution >= 0.6 is 0 Å². The predicted molar refractivity (Wildman–Crippen MR) is 91.9 cm³/mol. The third kappa shape index (κ3) is 5.23. The second-order valence-corrected chi connectivity index (χ2v) is 5.63. The number of rotatable bonds is 7. The van der Waals surface area contributed by atoms with Gasteiger partial charge >= 0.3 is 11.9 Å². The van der Waals surface area contributed by atoms with Crippen molar-refractivity contribution in [2.24, 2.45) is 0 Å². The smallest absolute Gasteiger partial charge is 0.338 e. The summed E-state index contributed by atoms with van der Waals surface area (Å²) >= 11 is 0. The van der Waals surface area contributed by atoms with E-state index in [0.717, 1.165) is 24.0 Å². The fourth-order valence-electron chi connectivity index (χ4n) is 2.17. The molecule has 0 aliphatic carbocycles. The minimum absolute atomic E-state index is 0.224. The zero-order valence-electron chi connectivity index (χ0n) is 14.1. The Morgan fingerprint density at radius 1 is 0.917 bits per heavy atom.